The van der Waals surface area contributed by atoms with Crippen LogP contribution < -0.4 is 5.32 Å². The van der Waals surface area contributed by atoms with Gasteiger partial charge in [0.15, 0.2) is 0 Å². The van der Waals surface area contributed by atoms with Gasteiger partial charge in [-0.2, -0.15) is 4.98 Å². The van der Waals surface area contributed by atoms with Gasteiger partial charge in [0.2, 0.25) is 11.7 Å². The number of benzene rings is 1. The summed E-state index contributed by atoms with van der Waals surface area (Å²) in [7, 11) is 1.36. The van der Waals surface area contributed by atoms with E-state index < -0.39 is 0 Å². The topological polar surface area (TPSA) is 77.2 Å². The highest BCUT2D eigenvalue weighted by atomic mass is 16.5. The molecule has 1 saturated heterocycles. The van der Waals surface area contributed by atoms with Crippen molar-refractivity contribution in [2.45, 2.75) is 18.8 Å². The SMILES string of the molecule is COC(=O)c1cccc(-c2noc(C3CC34CCNC4)n2)c1. The number of hydrogen-bond acceptors (Lipinski definition) is 6. The lowest BCUT2D eigenvalue weighted by molar-refractivity contribution is 0.0601. The molecule has 114 valence electrons. The summed E-state index contributed by atoms with van der Waals surface area (Å²) in [6.45, 7) is 2.10. The average molecular weight is 299 g/mol. The van der Waals surface area contributed by atoms with Crippen molar-refractivity contribution in [2.75, 3.05) is 20.2 Å². The van der Waals surface area contributed by atoms with Gasteiger partial charge in [0.1, 0.15) is 0 Å². The van der Waals surface area contributed by atoms with Crippen LogP contribution in [0.1, 0.15) is 35.0 Å². The lowest BCUT2D eigenvalue weighted by atomic mass is 10.0. The first-order valence-corrected chi connectivity index (χ1v) is 7.45. The van der Waals surface area contributed by atoms with E-state index in [2.05, 4.69) is 15.5 Å². The molecule has 4 rings (SSSR count). The van der Waals surface area contributed by atoms with E-state index >= 15 is 0 Å². The third-order valence-corrected chi connectivity index (χ3v) is 4.75. The van der Waals surface area contributed by atoms with Crippen molar-refractivity contribution in [3.8, 4) is 11.4 Å². The maximum atomic E-state index is 11.6. The third kappa shape index (κ3) is 2.11. The molecular weight excluding hydrogens is 282 g/mol. The van der Waals surface area contributed by atoms with Crippen LogP contribution in [-0.2, 0) is 4.74 Å². The van der Waals surface area contributed by atoms with E-state index in [-0.39, 0.29) is 5.97 Å². The number of ether oxygens (including phenoxy) is 1. The molecule has 2 fully saturated rings. The zero-order valence-corrected chi connectivity index (χ0v) is 12.3. The molecule has 1 aromatic carbocycles. The molecule has 6 heteroatoms. The standard InChI is InChI=1S/C16H17N3O3/c1-21-15(20)11-4-2-3-10(7-11)13-18-14(22-19-13)12-8-16(12)5-6-17-9-16/h2-4,7,12,17H,5-6,8-9H2,1H3. The number of nitrogens with zero attached hydrogens (tertiary/aromatic N) is 2. The molecule has 2 aromatic rings. The van der Waals surface area contributed by atoms with E-state index in [1.165, 1.54) is 13.5 Å². The van der Waals surface area contributed by atoms with Gasteiger partial charge in [0, 0.05) is 18.0 Å². The van der Waals surface area contributed by atoms with Crippen molar-refractivity contribution in [2.24, 2.45) is 5.41 Å². The molecule has 22 heavy (non-hydrogen) atoms. The summed E-state index contributed by atoms with van der Waals surface area (Å²) >= 11 is 0. The quantitative estimate of drug-likeness (QED) is 0.873. The molecule has 1 saturated carbocycles. The van der Waals surface area contributed by atoms with Crippen LogP contribution in [0.25, 0.3) is 11.4 Å². The summed E-state index contributed by atoms with van der Waals surface area (Å²) < 4.78 is 10.2. The van der Waals surface area contributed by atoms with Crippen molar-refractivity contribution in [3.05, 3.63) is 35.7 Å². The Morgan fingerprint density at radius 1 is 1.50 bits per heavy atom. The van der Waals surface area contributed by atoms with Crippen molar-refractivity contribution in [1.29, 1.82) is 0 Å². The minimum absolute atomic E-state index is 0.331. The van der Waals surface area contributed by atoms with Gasteiger partial charge >= 0.3 is 5.97 Å². The molecule has 0 amide bonds. The van der Waals surface area contributed by atoms with E-state index in [1.54, 1.807) is 18.2 Å². The number of nitrogens with one attached hydrogen (secondary N) is 1. The molecule has 2 unspecified atom stereocenters. The number of aromatic nitrogens is 2. The second kappa shape index (κ2) is 4.91. The second-order valence-corrected chi connectivity index (χ2v) is 6.07. The summed E-state index contributed by atoms with van der Waals surface area (Å²) in [6, 6.07) is 7.08. The van der Waals surface area contributed by atoms with Crippen molar-refractivity contribution < 1.29 is 14.1 Å². The Balaban J connectivity index is 1.58. The first-order valence-electron chi connectivity index (χ1n) is 7.45. The van der Waals surface area contributed by atoms with E-state index in [0.29, 0.717) is 28.6 Å². The number of esters is 1. The Labute approximate surface area is 127 Å². The average Bonchev–Trinajstić information content (AvgIpc) is 2.94. The fourth-order valence-electron chi connectivity index (χ4n) is 3.33. The normalized spacial score (nSPS) is 26.3. The lowest BCUT2D eigenvalue weighted by Gasteiger charge is -2.02. The highest BCUT2D eigenvalue weighted by Crippen LogP contribution is 2.62. The number of carbonyl (C=O) groups excluding carboxylic acids is 1. The van der Waals surface area contributed by atoms with Gasteiger partial charge in [-0.3, -0.25) is 0 Å². The summed E-state index contributed by atoms with van der Waals surface area (Å²) in [5.41, 5.74) is 1.57. The van der Waals surface area contributed by atoms with Gasteiger partial charge in [-0.25, -0.2) is 4.79 Å². The Kier molecular flexibility index (Phi) is 3.00. The second-order valence-electron chi connectivity index (χ2n) is 6.07. The molecule has 1 spiro atoms. The monoisotopic (exact) mass is 299 g/mol. The Morgan fingerprint density at radius 2 is 2.41 bits per heavy atom. The number of carbonyl (C=O) groups is 1. The molecule has 2 atom stereocenters. The largest absolute Gasteiger partial charge is 0.465 e. The van der Waals surface area contributed by atoms with Crippen molar-refractivity contribution in [3.63, 3.8) is 0 Å². The van der Waals surface area contributed by atoms with E-state index in [4.69, 9.17) is 9.26 Å². The molecular formula is C16H17N3O3. The van der Waals surface area contributed by atoms with E-state index in [1.807, 2.05) is 6.07 Å². The number of methoxy groups -OCH3 is 1. The van der Waals surface area contributed by atoms with Crippen LogP contribution in [0.2, 0.25) is 0 Å². The molecule has 0 bridgehead atoms. The van der Waals surface area contributed by atoms with Crippen LogP contribution in [0.3, 0.4) is 0 Å². The van der Waals surface area contributed by atoms with Gasteiger partial charge in [-0.15, -0.1) is 0 Å². The first-order chi connectivity index (χ1) is 10.7. The fourth-order valence-corrected chi connectivity index (χ4v) is 3.33. The third-order valence-electron chi connectivity index (χ3n) is 4.75. The number of rotatable bonds is 3. The molecule has 0 radical (unpaired) electrons. The van der Waals surface area contributed by atoms with Gasteiger partial charge in [-0.1, -0.05) is 17.3 Å². The van der Waals surface area contributed by atoms with E-state index in [9.17, 15) is 4.79 Å². The first kappa shape index (κ1) is 13.5. The minimum atomic E-state index is -0.372. The molecule has 2 aliphatic rings. The van der Waals surface area contributed by atoms with Crippen LogP contribution in [0.15, 0.2) is 28.8 Å². The fraction of sp³-hybridized carbons (Fsp3) is 0.438. The highest BCUT2D eigenvalue weighted by molar-refractivity contribution is 5.90. The number of hydrogen-bond donors (Lipinski definition) is 1. The van der Waals surface area contributed by atoms with Gasteiger partial charge in [-0.05, 0) is 36.9 Å². The molecule has 1 aliphatic heterocycles. The van der Waals surface area contributed by atoms with Crippen LogP contribution in [-0.4, -0.2) is 36.3 Å². The summed E-state index contributed by atoms with van der Waals surface area (Å²) in [5.74, 6) is 1.23. The smallest absolute Gasteiger partial charge is 0.337 e. The molecule has 6 nitrogen and oxygen atoms in total. The summed E-state index contributed by atoms with van der Waals surface area (Å²) in [6.07, 6.45) is 2.29. The summed E-state index contributed by atoms with van der Waals surface area (Å²) in [5, 5.41) is 7.47. The predicted molar refractivity (Wildman–Crippen MR) is 78.4 cm³/mol. The zero-order valence-electron chi connectivity index (χ0n) is 12.3. The summed E-state index contributed by atoms with van der Waals surface area (Å²) in [4.78, 5) is 16.1. The van der Waals surface area contributed by atoms with Crippen LogP contribution in [0, 0.1) is 5.41 Å². The minimum Gasteiger partial charge on any atom is -0.465 e. The van der Waals surface area contributed by atoms with Gasteiger partial charge in [0.05, 0.1) is 12.7 Å². The predicted octanol–water partition coefficient (Wildman–Crippen LogP) is 1.99. The van der Waals surface area contributed by atoms with Crippen molar-refractivity contribution >= 4 is 5.97 Å². The Morgan fingerprint density at radius 3 is 3.18 bits per heavy atom. The molecule has 1 aromatic heterocycles. The highest BCUT2D eigenvalue weighted by Gasteiger charge is 2.58. The van der Waals surface area contributed by atoms with E-state index in [0.717, 1.165) is 25.1 Å². The molecule has 2 heterocycles. The van der Waals surface area contributed by atoms with Gasteiger partial charge < -0.3 is 14.6 Å². The maximum Gasteiger partial charge on any atom is 0.337 e. The molecule has 1 aliphatic carbocycles. The van der Waals surface area contributed by atoms with Crippen molar-refractivity contribution in [1.82, 2.24) is 15.5 Å². The van der Waals surface area contributed by atoms with Crippen LogP contribution >= 0.6 is 0 Å². The Bertz CT molecular complexity index is 719. The van der Waals surface area contributed by atoms with Crippen LogP contribution in [0.5, 0.6) is 0 Å². The van der Waals surface area contributed by atoms with Gasteiger partial charge in [0.25, 0.3) is 0 Å². The maximum absolute atomic E-state index is 11.6. The van der Waals surface area contributed by atoms with Crippen LogP contribution in [0.4, 0.5) is 0 Å². The molecule has 1 N–H and O–H groups in total. The lowest BCUT2D eigenvalue weighted by Crippen LogP contribution is -2.10. The zero-order chi connectivity index (χ0) is 15.2. The Hall–Kier alpha value is -2.21.